The number of halogens is 1. The van der Waals surface area contributed by atoms with Crippen LogP contribution >= 0.6 is 11.6 Å². The van der Waals surface area contributed by atoms with Gasteiger partial charge in [-0.2, -0.15) is 0 Å². The van der Waals surface area contributed by atoms with Crippen LogP contribution in [0.3, 0.4) is 0 Å². The van der Waals surface area contributed by atoms with Gasteiger partial charge in [0, 0.05) is 11.6 Å². The number of nitrogens with one attached hydrogen (secondary N) is 1. The van der Waals surface area contributed by atoms with Crippen LogP contribution in [0, 0.1) is 5.92 Å². The Labute approximate surface area is 108 Å². The molecule has 0 atom stereocenters. The minimum Gasteiger partial charge on any atom is -0.316 e. The van der Waals surface area contributed by atoms with E-state index in [0.29, 0.717) is 12.5 Å². The van der Waals surface area contributed by atoms with E-state index in [-0.39, 0.29) is 0 Å². The van der Waals surface area contributed by atoms with Crippen molar-refractivity contribution in [1.29, 1.82) is 0 Å². The molecule has 0 aromatic heterocycles. The van der Waals surface area contributed by atoms with Crippen molar-refractivity contribution >= 4 is 11.6 Å². The van der Waals surface area contributed by atoms with Gasteiger partial charge in [-0.25, -0.2) is 5.48 Å². The molecule has 0 heterocycles. The molecule has 1 aromatic carbocycles. The third kappa shape index (κ3) is 3.21. The molecule has 0 saturated heterocycles. The van der Waals surface area contributed by atoms with Crippen LogP contribution < -0.4 is 5.48 Å². The van der Waals surface area contributed by atoms with Crippen LogP contribution in [0.5, 0.6) is 0 Å². The number of hydroxylamine groups is 1. The van der Waals surface area contributed by atoms with Crippen LogP contribution in [0.25, 0.3) is 0 Å². The SMILES string of the molecule is CC1CCC(c2ccc(CNO)cc2Cl)CC1. The Balaban J connectivity index is 2.10. The summed E-state index contributed by atoms with van der Waals surface area (Å²) in [5, 5.41) is 9.51. The minimum absolute atomic E-state index is 0.446. The molecule has 0 bridgehead atoms. The van der Waals surface area contributed by atoms with Gasteiger partial charge in [0.25, 0.3) is 0 Å². The zero-order valence-corrected chi connectivity index (χ0v) is 11.0. The molecule has 0 aliphatic heterocycles. The topological polar surface area (TPSA) is 32.3 Å². The maximum atomic E-state index is 8.66. The van der Waals surface area contributed by atoms with Gasteiger partial charge in [-0.15, -0.1) is 0 Å². The zero-order valence-electron chi connectivity index (χ0n) is 10.2. The highest BCUT2D eigenvalue weighted by molar-refractivity contribution is 6.31. The van der Waals surface area contributed by atoms with Gasteiger partial charge in [-0.05, 0) is 41.9 Å². The fourth-order valence-electron chi connectivity index (χ4n) is 2.67. The highest BCUT2D eigenvalue weighted by Gasteiger charge is 2.21. The lowest BCUT2D eigenvalue weighted by atomic mass is 9.79. The molecule has 2 rings (SSSR count). The molecule has 3 heteroatoms. The number of hydrogen-bond acceptors (Lipinski definition) is 2. The third-order valence-electron chi connectivity index (χ3n) is 3.80. The summed E-state index contributed by atoms with van der Waals surface area (Å²) in [5.41, 5.74) is 4.45. The molecule has 0 unspecified atom stereocenters. The van der Waals surface area contributed by atoms with E-state index in [9.17, 15) is 0 Å². The van der Waals surface area contributed by atoms with Gasteiger partial charge < -0.3 is 5.21 Å². The van der Waals surface area contributed by atoms with Crippen molar-refractivity contribution in [2.75, 3.05) is 0 Å². The van der Waals surface area contributed by atoms with Gasteiger partial charge in [0.1, 0.15) is 0 Å². The quantitative estimate of drug-likeness (QED) is 0.795. The molecular weight excluding hydrogens is 234 g/mol. The predicted octanol–water partition coefficient (Wildman–Crippen LogP) is 4.11. The molecule has 0 radical (unpaired) electrons. The Hall–Kier alpha value is -0.570. The van der Waals surface area contributed by atoms with Gasteiger partial charge >= 0.3 is 0 Å². The lowest BCUT2D eigenvalue weighted by Gasteiger charge is -2.27. The van der Waals surface area contributed by atoms with Gasteiger partial charge in [0.15, 0.2) is 0 Å². The van der Waals surface area contributed by atoms with Crippen LogP contribution in [0.15, 0.2) is 18.2 Å². The largest absolute Gasteiger partial charge is 0.316 e. The molecule has 1 fully saturated rings. The molecule has 0 spiro atoms. The van der Waals surface area contributed by atoms with E-state index in [1.807, 2.05) is 12.1 Å². The highest BCUT2D eigenvalue weighted by Crippen LogP contribution is 2.38. The molecule has 1 saturated carbocycles. The Kier molecular flexibility index (Phi) is 4.43. The van der Waals surface area contributed by atoms with Crippen molar-refractivity contribution < 1.29 is 5.21 Å². The summed E-state index contributed by atoms with van der Waals surface area (Å²) < 4.78 is 0. The summed E-state index contributed by atoms with van der Waals surface area (Å²) in [6.07, 6.45) is 5.11. The molecule has 0 amide bonds. The maximum Gasteiger partial charge on any atom is 0.0458 e. The molecule has 2 nitrogen and oxygen atoms in total. The molecule has 17 heavy (non-hydrogen) atoms. The first kappa shape index (κ1) is 12.9. The molecule has 1 aliphatic carbocycles. The van der Waals surface area contributed by atoms with Crippen LogP contribution in [-0.4, -0.2) is 5.21 Å². The Morgan fingerprint density at radius 1 is 1.29 bits per heavy atom. The summed E-state index contributed by atoms with van der Waals surface area (Å²) in [6.45, 7) is 2.77. The maximum absolute atomic E-state index is 8.66. The second kappa shape index (κ2) is 5.85. The van der Waals surface area contributed by atoms with Gasteiger partial charge in [-0.1, -0.05) is 43.5 Å². The van der Waals surface area contributed by atoms with E-state index in [2.05, 4.69) is 18.5 Å². The highest BCUT2D eigenvalue weighted by atomic mass is 35.5. The average molecular weight is 254 g/mol. The third-order valence-corrected chi connectivity index (χ3v) is 4.13. The van der Waals surface area contributed by atoms with Crippen molar-refractivity contribution in [3.8, 4) is 0 Å². The Bertz CT molecular complexity index is 372. The average Bonchev–Trinajstić information content (AvgIpc) is 2.31. The molecule has 2 N–H and O–H groups in total. The first-order chi connectivity index (χ1) is 8.20. The fourth-order valence-corrected chi connectivity index (χ4v) is 3.03. The second-order valence-electron chi connectivity index (χ2n) is 5.15. The summed E-state index contributed by atoms with van der Waals surface area (Å²) >= 11 is 6.33. The lowest BCUT2D eigenvalue weighted by Crippen LogP contribution is -2.12. The molecule has 94 valence electrons. The van der Waals surface area contributed by atoms with Crippen LogP contribution in [0.4, 0.5) is 0 Å². The number of hydrogen-bond donors (Lipinski definition) is 2. The minimum atomic E-state index is 0.446. The predicted molar refractivity (Wildman–Crippen MR) is 70.5 cm³/mol. The van der Waals surface area contributed by atoms with E-state index < -0.39 is 0 Å². The normalized spacial score (nSPS) is 24.9. The van der Waals surface area contributed by atoms with Crippen molar-refractivity contribution in [3.05, 3.63) is 34.3 Å². The number of benzene rings is 1. The van der Waals surface area contributed by atoms with Gasteiger partial charge in [0.05, 0.1) is 0 Å². The number of rotatable bonds is 3. The van der Waals surface area contributed by atoms with E-state index >= 15 is 0 Å². The molecule has 1 aliphatic rings. The van der Waals surface area contributed by atoms with Crippen LogP contribution in [0.1, 0.15) is 49.7 Å². The fraction of sp³-hybridized carbons (Fsp3) is 0.571. The Morgan fingerprint density at radius 2 is 2.00 bits per heavy atom. The summed E-state index contributed by atoms with van der Waals surface area (Å²) in [4.78, 5) is 0. The summed E-state index contributed by atoms with van der Waals surface area (Å²) in [5.74, 6) is 1.48. The standard InChI is InChI=1S/C14H20ClNO/c1-10-2-5-12(6-3-10)13-7-4-11(9-16-17)8-14(13)15/h4,7-8,10,12,16-17H,2-3,5-6,9H2,1H3. The molecule has 1 aromatic rings. The van der Waals surface area contributed by atoms with E-state index in [0.717, 1.165) is 16.5 Å². The van der Waals surface area contributed by atoms with Crippen molar-refractivity contribution in [3.63, 3.8) is 0 Å². The summed E-state index contributed by atoms with van der Waals surface area (Å²) in [6, 6.07) is 6.12. The van der Waals surface area contributed by atoms with Gasteiger partial charge in [-0.3, -0.25) is 0 Å². The lowest BCUT2D eigenvalue weighted by molar-refractivity contribution is 0.161. The summed E-state index contributed by atoms with van der Waals surface area (Å²) in [7, 11) is 0. The van der Waals surface area contributed by atoms with E-state index in [1.54, 1.807) is 0 Å². The first-order valence-electron chi connectivity index (χ1n) is 6.36. The molecular formula is C14H20ClNO. The van der Waals surface area contributed by atoms with Crippen LogP contribution in [-0.2, 0) is 6.54 Å². The Morgan fingerprint density at radius 3 is 2.59 bits per heavy atom. The second-order valence-corrected chi connectivity index (χ2v) is 5.55. The van der Waals surface area contributed by atoms with Crippen molar-refractivity contribution in [1.82, 2.24) is 5.48 Å². The van der Waals surface area contributed by atoms with Crippen molar-refractivity contribution in [2.45, 2.75) is 45.1 Å². The smallest absolute Gasteiger partial charge is 0.0458 e. The monoisotopic (exact) mass is 253 g/mol. The van der Waals surface area contributed by atoms with E-state index in [4.69, 9.17) is 16.8 Å². The zero-order chi connectivity index (χ0) is 12.3. The first-order valence-corrected chi connectivity index (χ1v) is 6.73. The van der Waals surface area contributed by atoms with Crippen LogP contribution in [0.2, 0.25) is 5.02 Å². The van der Waals surface area contributed by atoms with Crippen molar-refractivity contribution in [2.24, 2.45) is 5.92 Å². The van der Waals surface area contributed by atoms with E-state index in [1.165, 1.54) is 31.2 Å². The van der Waals surface area contributed by atoms with Gasteiger partial charge in [0.2, 0.25) is 0 Å².